The molecule has 0 bridgehead atoms. The number of benzene rings is 1. The number of nitrogens with one attached hydrogen (secondary N) is 1. The van der Waals surface area contributed by atoms with Crippen molar-refractivity contribution in [1.29, 1.82) is 0 Å². The summed E-state index contributed by atoms with van der Waals surface area (Å²) in [6.45, 7) is 5.98. The zero-order valence-electron chi connectivity index (χ0n) is 11.1. The van der Waals surface area contributed by atoms with E-state index >= 15 is 0 Å². The van der Waals surface area contributed by atoms with Gasteiger partial charge in [-0.2, -0.15) is 0 Å². The van der Waals surface area contributed by atoms with Gasteiger partial charge in [-0.15, -0.1) is 0 Å². The van der Waals surface area contributed by atoms with Gasteiger partial charge in [-0.25, -0.2) is 4.39 Å². The summed E-state index contributed by atoms with van der Waals surface area (Å²) in [5.74, 6) is -0.892. The Balaban J connectivity index is 2.69. The minimum atomic E-state index is -0.477. The molecule has 0 aromatic heterocycles. The van der Waals surface area contributed by atoms with E-state index in [0.29, 0.717) is 18.5 Å². The van der Waals surface area contributed by atoms with Gasteiger partial charge in [-0.1, -0.05) is 26.0 Å². The average molecular weight is 253 g/mol. The van der Waals surface area contributed by atoms with Crippen molar-refractivity contribution in [2.75, 3.05) is 13.2 Å². The van der Waals surface area contributed by atoms with Gasteiger partial charge in [0.15, 0.2) is 0 Å². The van der Waals surface area contributed by atoms with E-state index in [9.17, 15) is 9.18 Å². The highest BCUT2D eigenvalue weighted by Gasteiger charge is 2.20. The fourth-order valence-electron chi connectivity index (χ4n) is 1.63. The highest BCUT2D eigenvalue weighted by atomic mass is 19.1. The molecule has 1 aromatic rings. The van der Waals surface area contributed by atoms with Crippen molar-refractivity contribution in [3.8, 4) is 0 Å². The van der Waals surface area contributed by atoms with Crippen LogP contribution in [0.2, 0.25) is 0 Å². The Morgan fingerprint density at radius 3 is 2.72 bits per heavy atom. The third-order valence-electron chi connectivity index (χ3n) is 2.95. The zero-order chi connectivity index (χ0) is 13.8. The fourth-order valence-corrected chi connectivity index (χ4v) is 1.63. The Hall–Kier alpha value is -1.42. The van der Waals surface area contributed by atoms with Gasteiger partial charge in [0.25, 0.3) is 5.91 Å². The molecule has 2 N–H and O–H groups in total. The van der Waals surface area contributed by atoms with Crippen LogP contribution in [0.1, 0.15) is 36.2 Å². The van der Waals surface area contributed by atoms with Crippen LogP contribution in [0.4, 0.5) is 4.39 Å². The van der Waals surface area contributed by atoms with Crippen LogP contribution in [0, 0.1) is 18.2 Å². The maximum atomic E-state index is 13.7. The number of rotatable bonds is 5. The van der Waals surface area contributed by atoms with Crippen LogP contribution in [0.15, 0.2) is 18.2 Å². The number of amides is 1. The van der Waals surface area contributed by atoms with Gasteiger partial charge in [0.2, 0.25) is 0 Å². The van der Waals surface area contributed by atoms with Crippen molar-refractivity contribution in [2.45, 2.75) is 27.2 Å². The van der Waals surface area contributed by atoms with Crippen molar-refractivity contribution in [2.24, 2.45) is 5.41 Å². The van der Waals surface area contributed by atoms with Gasteiger partial charge >= 0.3 is 0 Å². The van der Waals surface area contributed by atoms with E-state index in [4.69, 9.17) is 5.11 Å². The van der Waals surface area contributed by atoms with Crippen LogP contribution < -0.4 is 5.32 Å². The standard InChI is InChI=1S/C14H20FNO2/c1-10-5-4-6-11(12(10)15)13(18)16-9-14(2,3)7-8-17/h4-6,17H,7-9H2,1-3H3,(H,16,18). The van der Waals surface area contributed by atoms with Gasteiger partial charge in [-0.05, 0) is 30.4 Å². The molecular formula is C14H20FNO2. The van der Waals surface area contributed by atoms with Crippen LogP contribution in [0.5, 0.6) is 0 Å². The van der Waals surface area contributed by atoms with E-state index in [1.165, 1.54) is 6.07 Å². The lowest BCUT2D eigenvalue weighted by atomic mass is 9.89. The molecule has 0 fully saturated rings. The van der Waals surface area contributed by atoms with Gasteiger partial charge in [0.05, 0.1) is 5.56 Å². The van der Waals surface area contributed by atoms with Crippen molar-refractivity contribution in [1.82, 2.24) is 5.32 Å². The molecule has 0 saturated carbocycles. The minimum Gasteiger partial charge on any atom is -0.396 e. The molecule has 3 nitrogen and oxygen atoms in total. The molecule has 1 rings (SSSR count). The molecule has 0 heterocycles. The Kier molecular flexibility index (Phi) is 4.84. The van der Waals surface area contributed by atoms with Gasteiger partial charge < -0.3 is 10.4 Å². The lowest BCUT2D eigenvalue weighted by molar-refractivity contribution is 0.0924. The number of halogens is 1. The summed E-state index contributed by atoms with van der Waals surface area (Å²) in [4.78, 5) is 11.9. The molecule has 0 aliphatic heterocycles. The van der Waals surface area contributed by atoms with Gasteiger partial charge in [0, 0.05) is 13.2 Å². The molecule has 0 radical (unpaired) electrons. The van der Waals surface area contributed by atoms with Crippen LogP contribution in [0.3, 0.4) is 0 Å². The summed E-state index contributed by atoms with van der Waals surface area (Å²) >= 11 is 0. The second-order valence-electron chi connectivity index (χ2n) is 5.26. The molecule has 0 atom stereocenters. The van der Waals surface area contributed by atoms with Crippen molar-refractivity contribution in [3.63, 3.8) is 0 Å². The molecule has 0 unspecified atom stereocenters. The second-order valence-corrected chi connectivity index (χ2v) is 5.26. The number of aryl methyl sites for hydroxylation is 1. The van der Waals surface area contributed by atoms with Crippen molar-refractivity contribution < 1.29 is 14.3 Å². The first-order valence-corrected chi connectivity index (χ1v) is 6.01. The molecule has 0 aliphatic carbocycles. The molecule has 1 amide bonds. The smallest absolute Gasteiger partial charge is 0.254 e. The first kappa shape index (κ1) is 14.6. The predicted octanol–water partition coefficient (Wildman–Crippen LogP) is 2.27. The first-order chi connectivity index (χ1) is 8.37. The molecule has 0 saturated heterocycles. The van der Waals surface area contributed by atoms with Gasteiger partial charge in [-0.3, -0.25) is 4.79 Å². The maximum absolute atomic E-state index is 13.7. The Morgan fingerprint density at radius 1 is 1.44 bits per heavy atom. The number of hydrogen-bond acceptors (Lipinski definition) is 2. The normalized spacial score (nSPS) is 11.4. The molecule has 18 heavy (non-hydrogen) atoms. The molecule has 4 heteroatoms. The zero-order valence-corrected chi connectivity index (χ0v) is 11.1. The van der Waals surface area contributed by atoms with Crippen molar-refractivity contribution in [3.05, 3.63) is 35.1 Å². The summed E-state index contributed by atoms with van der Waals surface area (Å²) < 4.78 is 13.7. The lowest BCUT2D eigenvalue weighted by Crippen LogP contribution is -2.35. The quantitative estimate of drug-likeness (QED) is 0.845. The summed E-state index contributed by atoms with van der Waals surface area (Å²) in [7, 11) is 0. The number of aliphatic hydroxyl groups excluding tert-OH is 1. The largest absolute Gasteiger partial charge is 0.396 e. The Morgan fingerprint density at radius 2 is 2.11 bits per heavy atom. The predicted molar refractivity (Wildman–Crippen MR) is 69.0 cm³/mol. The molecule has 100 valence electrons. The van der Waals surface area contributed by atoms with Crippen LogP contribution in [-0.2, 0) is 0 Å². The Bertz CT molecular complexity index is 430. The summed E-state index contributed by atoms with van der Waals surface area (Å²) in [5.41, 5.74) is 0.317. The lowest BCUT2D eigenvalue weighted by Gasteiger charge is -2.23. The van der Waals surface area contributed by atoms with Gasteiger partial charge in [0.1, 0.15) is 5.82 Å². The second kappa shape index (κ2) is 5.96. The number of hydrogen-bond donors (Lipinski definition) is 2. The average Bonchev–Trinajstić information content (AvgIpc) is 2.30. The number of carbonyl (C=O) groups excluding carboxylic acids is 1. The first-order valence-electron chi connectivity index (χ1n) is 6.01. The summed E-state index contributed by atoms with van der Waals surface area (Å²) in [5, 5.41) is 11.6. The third-order valence-corrected chi connectivity index (χ3v) is 2.95. The molecule has 1 aromatic carbocycles. The molecular weight excluding hydrogens is 233 g/mol. The monoisotopic (exact) mass is 253 g/mol. The van der Waals surface area contributed by atoms with Crippen molar-refractivity contribution >= 4 is 5.91 Å². The SMILES string of the molecule is Cc1cccc(C(=O)NCC(C)(C)CCO)c1F. The maximum Gasteiger partial charge on any atom is 0.254 e. The van der Waals surface area contributed by atoms with E-state index in [-0.39, 0.29) is 17.6 Å². The third kappa shape index (κ3) is 3.81. The van der Waals surface area contributed by atoms with Crippen LogP contribution >= 0.6 is 0 Å². The highest BCUT2D eigenvalue weighted by Crippen LogP contribution is 2.18. The number of aliphatic hydroxyl groups is 1. The van der Waals surface area contributed by atoms with E-state index in [1.807, 2.05) is 13.8 Å². The van der Waals surface area contributed by atoms with E-state index in [1.54, 1.807) is 19.1 Å². The summed E-state index contributed by atoms with van der Waals surface area (Å²) in [6, 6.07) is 4.75. The summed E-state index contributed by atoms with van der Waals surface area (Å²) in [6.07, 6.45) is 0.587. The molecule has 0 spiro atoms. The van der Waals surface area contributed by atoms with E-state index < -0.39 is 11.7 Å². The van der Waals surface area contributed by atoms with Crippen LogP contribution in [0.25, 0.3) is 0 Å². The highest BCUT2D eigenvalue weighted by molar-refractivity contribution is 5.94. The number of carbonyl (C=O) groups is 1. The fraction of sp³-hybridized carbons (Fsp3) is 0.500. The van der Waals surface area contributed by atoms with Crippen LogP contribution in [-0.4, -0.2) is 24.2 Å². The Labute approximate surface area is 107 Å². The van der Waals surface area contributed by atoms with E-state index in [2.05, 4.69) is 5.32 Å². The molecule has 0 aliphatic rings. The topological polar surface area (TPSA) is 49.3 Å². The minimum absolute atomic E-state index is 0.0646. The van der Waals surface area contributed by atoms with E-state index in [0.717, 1.165) is 0 Å².